The van der Waals surface area contributed by atoms with Crippen LogP contribution in [0.3, 0.4) is 0 Å². The number of nitrogens with zero attached hydrogens (tertiary/aromatic N) is 1. The molecule has 1 aliphatic heterocycles. The lowest BCUT2D eigenvalue weighted by Crippen LogP contribution is -2.56. The number of likely N-dealkylation sites (tertiary alicyclic amines) is 1. The summed E-state index contributed by atoms with van der Waals surface area (Å²) in [6, 6.07) is 0. The van der Waals surface area contributed by atoms with E-state index in [2.05, 4.69) is 11.8 Å². The minimum Gasteiger partial charge on any atom is -0.329 e. The van der Waals surface area contributed by atoms with Gasteiger partial charge in [-0.25, -0.2) is 0 Å². The lowest BCUT2D eigenvalue weighted by Gasteiger charge is -2.50. The molecule has 1 saturated heterocycles. The zero-order valence-corrected chi connectivity index (χ0v) is 12.8. The van der Waals surface area contributed by atoms with Gasteiger partial charge in [-0.3, -0.25) is 4.90 Å². The number of hydrogen-bond donors (Lipinski definition) is 1. The van der Waals surface area contributed by atoms with Crippen molar-refractivity contribution >= 4 is 0 Å². The van der Waals surface area contributed by atoms with Gasteiger partial charge in [-0.2, -0.15) is 0 Å². The average Bonchev–Trinajstić information content (AvgIpc) is 3.24. The zero-order chi connectivity index (χ0) is 13.3. The van der Waals surface area contributed by atoms with E-state index < -0.39 is 0 Å². The SMILES string of the molecule is CC(CN)(CC1CC1)N1CCC2(CCCCC2)CC1. The number of hydrogen-bond acceptors (Lipinski definition) is 2. The molecule has 3 fully saturated rings. The van der Waals surface area contributed by atoms with Gasteiger partial charge in [0, 0.05) is 12.1 Å². The highest BCUT2D eigenvalue weighted by atomic mass is 15.2. The van der Waals surface area contributed by atoms with E-state index in [0.717, 1.165) is 17.9 Å². The molecule has 0 amide bonds. The maximum absolute atomic E-state index is 6.14. The van der Waals surface area contributed by atoms with E-state index in [-0.39, 0.29) is 5.54 Å². The fraction of sp³-hybridized carbons (Fsp3) is 1.00. The first kappa shape index (κ1) is 13.9. The Labute approximate surface area is 119 Å². The van der Waals surface area contributed by atoms with Crippen LogP contribution in [0.25, 0.3) is 0 Å². The third kappa shape index (κ3) is 3.00. The van der Waals surface area contributed by atoms with E-state index in [0.29, 0.717) is 0 Å². The molecule has 110 valence electrons. The molecule has 3 aliphatic rings. The van der Waals surface area contributed by atoms with Crippen LogP contribution >= 0.6 is 0 Å². The molecule has 1 atom stereocenters. The van der Waals surface area contributed by atoms with Gasteiger partial charge in [0.25, 0.3) is 0 Å². The average molecular weight is 264 g/mol. The molecule has 1 spiro atoms. The van der Waals surface area contributed by atoms with Crippen LogP contribution in [0, 0.1) is 11.3 Å². The van der Waals surface area contributed by atoms with Crippen LogP contribution in [0.5, 0.6) is 0 Å². The van der Waals surface area contributed by atoms with E-state index >= 15 is 0 Å². The summed E-state index contributed by atoms with van der Waals surface area (Å²) in [5.41, 5.74) is 7.16. The molecule has 0 bridgehead atoms. The minimum absolute atomic E-state index is 0.289. The van der Waals surface area contributed by atoms with Crippen LogP contribution in [0.2, 0.25) is 0 Å². The largest absolute Gasteiger partial charge is 0.329 e. The van der Waals surface area contributed by atoms with Gasteiger partial charge in [0.2, 0.25) is 0 Å². The summed E-state index contributed by atoms with van der Waals surface area (Å²) in [6.07, 6.45) is 14.6. The first-order valence-electron chi connectivity index (χ1n) is 8.61. The van der Waals surface area contributed by atoms with E-state index in [1.165, 1.54) is 77.3 Å². The van der Waals surface area contributed by atoms with E-state index in [9.17, 15) is 0 Å². The molecule has 2 aliphatic carbocycles. The third-order valence-corrected chi connectivity index (χ3v) is 6.37. The monoisotopic (exact) mass is 264 g/mol. The minimum atomic E-state index is 0.289. The van der Waals surface area contributed by atoms with Crippen molar-refractivity contribution in [3.8, 4) is 0 Å². The van der Waals surface area contributed by atoms with Crippen molar-refractivity contribution in [3.05, 3.63) is 0 Å². The molecule has 2 N–H and O–H groups in total. The van der Waals surface area contributed by atoms with Gasteiger partial charge < -0.3 is 5.73 Å². The molecule has 1 unspecified atom stereocenters. The molecule has 2 nitrogen and oxygen atoms in total. The van der Waals surface area contributed by atoms with Crippen molar-refractivity contribution in [2.24, 2.45) is 17.1 Å². The Morgan fingerprint density at radius 3 is 2.21 bits per heavy atom. The second-order valence-electron chi connectivity index (χ2n) is 7.90. The van der Waals surface area contributed by atoms with Gasteiger partial charge in [0.15, 0.2) is 0 Å². The molecular weight excluding hydrogens is 232 g/mol. The third-order valence-electron chi connectivity index (χ3n) is 6.37. The maximum Gasteiger partial charge on any atom is 0.0306 e. The Morgan fingerprint density at radius 1 is 1.05 bits per heavy atom. The number of rotatable bonds is 4. The van der Waals surface area contributed by atoms with E-state index in [1.54, 1.807) is 0 Å². The Hall–Kier alpha value is -0.0800. The standard InChI is InChI=1S/C17H32N2/c1-16(14-18,13-15-5-6-15)19-11-9-17(10-12-19)7-3-2-4-8-17/h15H,2-14,18H2,1H3. The summed E-state index contributed by atoms with van der Waals surface area (Å²) in [5, 5.41) is 0. The highest BCUT2D eigenvalue weighted by Crippen LogP contribution is 2.46. The van der Waals surface area contributed by atoms with Gasteiger partial charge in [-0.15, -0.1) is 0 Å². The molecule has 1 heterocycles. The van der Waals surface area contributed by atoms with E-state index in [1.807, 2.05) is 0 Å². The highest BCUT2D eigenvalue weighted by molar-refractivity contribution is 4.97. The smallest absolute Gasteiger partial charge is 0.0306 e. The second kappa shape index (κ2) is 5.37. The normalized spacial score (nSPS) is 31.3. The maximum atomic E-state index is 6.14. The summed E-state index contributed by atoms with van der Waals surface area (Å²) in [6.45, 7) is 5.88. The van der Waals surface area contributed by atoms with Crippen molar-refractivity contribution < 1.29 is 0 Å². The summed E-state index contributed by atoms with van der Waals surface area (Å²) in [4.78, 5) is 2.74. The van der Waals surface area contributed by atoms with Gasteiger partial charge in [-0.05, 0) is 63.5 Å². The predicted octanol–water partition coefficient (Wildman–Crippen LogP) is 3.55. The molecule has 2 saturated carbocycles. The topological polar surface area (TPSA) is 29.3 Å². The quantitative estimate of drug-likeness (QED) is 0.841. The lowest BCUT2D eigenvalue weighted by atomic mass is 9.67. The summed E-state index contributed by atoms with van der Waals surface area (Å²) >= 11 is 0. The van der Waals surface area contributed by atoms with Crippen molar-refractivity contribution in [1.29, 1.82) is 0 Å². The molecule has 3 rings (SSSR count). The summed E-state index contributed by atoms with van der Waals surface area (Å²) in [7, 11) is 0. The zero-order valence-electron chi connectivity index (χ0n) is 12.8. The van der Waals surface area contributed by atoms with Gasteiger partial charge in [0.05, 0.1) is 0 Å². The second-order valence-corrected chi connectivity index (χ2v) is 7.90. The van der Waals surface area contributed by atoms with Crippen molar-refractivity contribution in [2.45, 2.75) is 76.7 Å². The van der Waals surface area contributed by atoms with Crippen molar-refractivity contribution in [2.75, 3.05) is 19.6 Å². The molecule has 0 radical (unpaired) electrons. The molecule has 0 aromatic heterocycles. The van der Waals surface area contributed by atoms with Crippen LogP contribution < -0.4 is 5.73 Å². The van der Waals surface area contributed by atoms with Gasteiger partial charge in [0.1, 0.15) is 0 Å². The number of nitrogens with two attached hydrogens (primary N) is 1. The first-order valence-corrected chi connectivity index (χ1v) is 8.61. The predicted molar refractivity (Wildman–Crippen MR) is 81.1 cm³/mol. The summed E-state index contributed by atoms with van der Waals surface area (Å²) in [5.74, 6) is 0.985. The Morgan fingerprint density at radius 2 is 1.68 bits per heavy atom. The molecule has 2 heteroatoms. The van der Waals surface area contributed by atoms with Crippen LogP contribution in [-0.2, 0) is 0 Å². The fourth-order valence-electron chi connectivity index (χ4n) is 4.61. The van der Waals surface area contributed by atoms with Crippen molar-refractivity contribution in [3.63, 3.8) is 0 Å². The molecule has 0 aromatic rings. The molecular formula is C17H32N2. The van der Waals surface area contributed by atoms with Gasteiger partial charge in [-0.1, -0.05) is 32.1 Å². The Balaban J connectivity index is 1.58. The van der Waals surface area contributed by atoms with Crippen LogP contribution in [-0.4, -0.2) is 30.1 Å². The van der Waals surface area contributed by atoms with Crippen molar-refractivity contribution in [1.82, 2.24) is 4.90 Å². The van der Waals surface area contributed by atoms with Crippen LogP contribution in [0.1, 0.15) is 71.1 Å². The van der Waals surface area contributed by atoms with E-state index in [4.69, 9.17) is 5.73 Å². The Kier molecular flexibility index (Phi) is 3.92. The molecule has 0 aromatic carbocycles. The highest BCUT2D eigenvalue weighted by Gasteiger charge is 2.42. The Bertz CT molecular complexity index is 294. The summed E-state index contributed by atoms with van der Waals surface area (Å²) < 4.78 is 0. The van der Waals surface area contributed by atoms with Gasteiger partial charge >= 0.3 is 0 Å². The lowest BCUT2D eigenvalue weighted by molar-refractivity contribution is 0.00549. The van der Waals surface area contributed by atoms with Crippen LogP contribution in [0.15, 0.2) is 0 Å². The van der Waals surface area contributed by atoms with Crippen LogP contribution in [0.4, 0.5) is 0 Å². The first-order chi connectivity index (χ1) is 9.16. The fourth-order valence-corrected chi connectivity index (χ4v) is 4.61. The molecule has 19 heavy (non-hydrogen) atoms. The number of piperidine rings is 1.